The lowest BCUT2D eigenvalue weighted by Gasteiger charge is -2.09. The van der Waals surface area contributed by atoms with Gasteiger partial charge >= 0.3 is 0 Å². The van der Waals surface area contributed by atoms with Gasteiger partial charge in [0.15, 0.2) is 0 Å². The highest BCUT2D eigenvalue weighted by atomic mass is 79.9. The van der Waals surface area contributed by atoms with Crippen LogP contribution in [0.2, 0.25) is 0 Å². The number of carbonyl (C=O) groups is 1. The zero-order chi connectivity index (χ0) is 16.8. The summed E-state index contributed by atoms with van der Waals surface area (Å²) in [7, 11) is 0. The predicted octanol–water partition coefficient (Wildman–Crippen LogP) is 4.11. The molecule has 0 heterocycles. The van der Waals surface area contributed by atoms with Crippen molar-refractivity contribution in [2.45, 2.75) is 13.3 Å². The average Bonchev–Trinajstić information content (AvgIpc) is 2.51. The van der Waals surface area contributed by atoms with Crippen LogP contribution in [0, 0.1) is 17.0 Å². The number of aryl methyl sites for hydroxylation is 1. The third-order valence-corrected chi connectivity index (χ3v) is 4.10. The Balaban J connectivity index is 1.88. The summed E-state index contributed by atoms with van der Waals surface area (Å²) in [5.41, 5.74) is 2.16. The molecule has 0 atom stereocenters. The van der Waals surface area contributed by atoms with Gasteiger partial charge in [-0.2, -0.15) is 0 Å². The van der Waals surface area contributed by atoms with Gasteiger partial charge in [0.05, 0.1) is 4.92 Å². The van der Waals surface area contributed by atoms with Crippen molar-refractivity contribution < 1.29 is 9.72 Å². The standard InChI is InChI=1S/C16H16BrN3O3/c1-11-10-12(6-7-13(11)17)19-16(21)8-9-18-14-4-2-3-5-15(14)20(22)23/h2-7,10,18H,8-9H2,1H3,(H,19,21). The van der Waals surface area contributed by atoms with Crippen molar-refractivity contribution >= 4 is 38.9 Å². The summed E-state index contributed by atoms with van der Waals surface area (Å²) in [5.74, 6) is -0.155. The summed E-state index contributed by atoms with van der Waals surface area (Å²) in [6.07, 6.45) is 0.209. The van der Waals surface area contributed by atoms with Crippen LogP contribution in [0.1, 0.15) is 12.0 Å². The van der Waals surface area contributed by atoms with Gasteiger partial charge in [-0.3, -0.25) is 14.9 Å². The number of rotatable bonds is 6. The topological polar surface area (TPSA) is 84.3 Å². The highest BCUT2D eigenvalue weighted by molar-refractivity contribution is 9.10. The molecule has 0 aromatic heterocycles. The number of halogens is 1. The van der Waals surface area contributed by atoms with Crippen molar-refractivity contribution in [1.29, 1.82) is 0 Å². The number of amides is 1. The summed E-state index contributed by atoms with van der Waals surface area (Å²) >= 11 is 3.40. The summed E-state index contributed by atoms with van der Waals surface area (Å²) in [6.45, 7) is 2.25. The molecular formula is C16H16BrN3O3. The van der Waals surface area contributed by atoms with Crippen molar-refractivity contribution in [3.63, 3.8) is 0 Å². The Morgan fingerprint density at radius 2 is 2.00 bits per heavy atom. The molecule has 0 saturated carbocycles. The van der Waals surface area contributed by atoms with Gasteiger partial charge in [0.2, 0.25) is 5.91 Å². The second kappa shape index (κ2) is 7.73. The lowest BCUT2D eigenvalue weighted by Crippen LogP contribution is -2.16. The van der Waals surface area contributed by atoms with E-state index in [-0.39, 0.29) is 18.0 Å². The number of anilines is 2. The molecule has 0 fully saturated rings. The van der Waals surface area contributed by atoms with Gasteiger partial charge in [0, 0.05) is 29.2 Å². The Hall–Kier alpha value is -2.41. The molecule has 0 unspecified atom stereocenters. The van der Waals surface area contributed by atoms with Crippen LogP contribution in [0.25, 0.3) is 0 Å². The van der Waals surface area contributed by atoms with Crippen LogP contribution in [0.4, 0.5) is 17.1 Å². The summed E-state index contributed by atoms with van der Waals surface area (Å²) < 4.78 is 0.980. The van der Waals surface area contributed by atoms with Crippen LogP contribution in [-0.2, 0) is 4.79 Å². The van der Waals surface area contributed by atoms with Gasteiger partial charge in [0.25, 0.3) is 5.69 Å². The maximum atomic E-state index is 11.9. The molecule has 120 valence electrons. The van der Waals surface area contributed by atoms with E-state index in [1.807, 2.05) is 25.1 Å². The van der Waals surface area contributed by atoms with Crippen LogP contribution in [0.15, 0.2) is 46.9 Å². The van der Waals surface area contributed by atoms with Crippen molar-refractivity contribution in [1.82, 2.24) is 0 Å². The molecule has 2 rings (SSSR count). The number of carbonyl (C=O) groups excluding carboxylic acids is 1. The second-order valence-electron chi connectivity index (χ2n) is 4.96. The zero-order valence-electron chi connectivity index (χ0n) is 12.5. The molecule has 0 radical (unpaired) electrons. The van der Waals surface area contributed by atoms with Crippen molar-refractivity contribution in [3.8, 4) is 0 Å². The Morgan fingerprint density at radius 1 is 1.26 bits per heavy atom. The third-order valence-electron chi connectivity index (χ3n) is 3.21. The van der Waals surface area contributed by atoms with E-state index in [0.29, 0.717) is 12.2 Å². The number of nitro benzene ring substituents is 1. The molecule has 6 nitrogen and oxygen atoms in total. The average molecular weight is 378 g/mol. The lowest BCUT2D eigenvalue weighted by molar-refractivity contribution is -0.384. The Morgan fingerprint density at radius 3 is 2.70 bits per heavy atom. The molecule has 2 aromatic carbocycles. The van der Waals surface area contributed by atoms with E-state index in [2.05, 4.69) is 26.6 Å². The number of hydrogen-bond acceptors (Lipinski definition) is 4. The van der Waals surface area contributed by atoms with Gasteiger partial charge < -0.3 is 10.6 Å². The summed E-state index contributed by atoms with van der Waals surface area (Å²) in [5, 5.41) is 16.6. The zero-order valence-corrected chi connectivity index (χ0v) is 14.1. The van der Waals surface area contributed by atoms with E-state index in [0.717, 1.165) is 15.7 Å². The molecule has 2 N–H and O–H groups in total. The highest BCUT2D eigenvalue weighted by Gasteiger charge is 2.12. The SMILES string of the molecule is Cc1cc(NC(=O)CCNc2ccccc2[N+](=O)[O-])ccc1Br. The number of hydrogen-bond donors (Lipinski definition) is 2. The first-order valence-electron chi connectivity index (χ1n) is 7.00. The van der Waals surface area contributed by atoms with E-state index in [1.165, 1.54) is 6.07 Å². The van der Waals surface area contributed by atoms with Crippen LogP contribution >= 0.6 is 15.9 Å². The van der Waals surface area contributed by atoms with Gasteiger partial charge in [-0.05, 0) is 36.8 Å². The maximum absolute atomic E-state index is 11.9. The molecule has 0 aliphatic carbocycles. The first-order chi connectivity index (χ1) is 11.0. The number of benzene rings is 2. The molecule has 0 aliphatic rings. The quantitative estimate of drug-likeness (QED) is 0.585. The van der Waals surface area contributed by atoms with Gasteiger partial charge in [-0.1, -0.05) is 28.1 Å². The minimum Gasteiger partial charge on any atom is -0.379 e. The van der Waals surface area contributed by atoms with Crippen molar-refractivity contribution in [2.24, 2.45) is 0 Å². The second-order valence-corrected chi connectivity index (χ2v) is 5.82. The molecular weight excluding hydrogens is 362 g/mol. The van der Waals surface area contributed by atoms with Gasteiger partial charge in [0.1, 0.15) is 5.69 Å². The molecule has 7 heteroatoms. The number of para-hydroxylation sites is 2. The molecule has 0 aliphatic heterocycles. The first-order valence-corrected chi connectivity index (χ1v) is 7.80. The smallest absolute Gasteiger partial charge is 0.292 e. The number of nitrogens with zero attached hydrogens (tertiary/aromatic N) is 1. The number of nitrogens with one attached hydrogen (secondary N) is 2. The predicted molar refractivity (Wildman–Crippen MR) is 93.7 cm³/mol. The fourth-order valence-corrected chi connectivity index (χ4v) is 2.29. The van der Waals surface area contributed by atoms with Crippen LogP contribution in [0.5, 0.6) is 0 Å². The molecule has 1 amide bonds. The van der Waals surface area contributed by atoms with Gasteiger partial charge in [-0.15, -0.1) is 0 Å². The molecule has 0 saturated heterocycles. The van der Waals surface area contributed by atoms with Crippen molar-refractivity contribution in [2.75, 3.05) is 17.2 Å². The van der Waals surface area contributed by atoms with E-state index in [1.54, 1.807) is 18.2 Å². The third kappa shape index (κ3) is 4.79. The summed E-state index contributed by atoms with van der Waals surface area (Å²) in [4.78, 5) is 22.4. The molecule has 0 spiro atoms. The maximum Gasteiger partial charge on any atom is 0.292 e. The van der Waals surface area contributed by atoms with E-state index in [4.69, 9.17) is 0 Å². The monoisotopic (exact) mass is 377 g/mol. The number of nitro groups is 1. The van der Waals surface area contributed by atoms with Crippen LogP contribution < -0.4 is 10.6 Å². The Labute approximate surface area is 142 Å². The fourth-order valence-electron chi connectivity index (χ4n) is 2.04. The lowest BCUT2D eigenvalue weighted by atomic mass is 10.2. The highest BCUT2D eigenvalue weighted by Crippen LogP contribution is 2.23. The molecule has 23 heavy (non-hydrogen) atoms. The van der Waals surface area contributed by atoms with E-state index >= 15 is 0 Å². The van der Waals surface area contributed by atoms with E-state index in [9.17, 15) is 14.9 Å². The first kappa shape index (κ1) is 17.0. The minimum atomic E-state index is -0.451. The van der Waals surface area contributed by atoms with Crippen LogP contribution in [-0.4, -0.2) is 17.4 Å². The summed E-state index contributed by atoms with van der Waals surface area (Å²) in [6, 6.07) is 11.9. The van der Waals surface area contributed by atoms with Crippen LogP contribution in [0.3, 0.4) is 0 Å². The molecule has 0 bridgehead atoms. The van der Waals surface area contributed by atoms with Gasteiger partial charge in [-0.25, -0.2) is 0 Å². The fraction of sp³-hybridized carbons (Fsp3) is 0.188. The van der Waals surface area contributed by atoms with E-state index < -0.39 is 4.92 Å². The minimum absolute atomic E-state index is 0.00329. The Bertz CT molecular complexity index is 734. The van der Waals surface area contributed by atoms with Crippen molar-refractivity contribution in [3.05, 3.63) is 62.6 Å². The largest absolute Gasteiger partial charge is 0.379 e. The normalized spacial score (nSPS) is 10.2. The Kier molecular flexibility index (Phi) is 5.70. The molecule has 2 aromatic rings.